The predicted octanol–water partition coefficient (Wildman–Crippen LogP) is 2.13. The third-order valence-electron chi connectivity index (χ3n) is 1.94. The number of hydrogen-bond donors (Lipinski definition) is 1. The number of nitrogens with one attached hydrogen (secondary N) is 1. The lowest BCUT2D eigenvalue weighted by Gasteiger charge is -2.08. The first-order valence-corrected chi connectivity index (χ1v) is 4.50. The van der Waals surface area contributed by atoms with Gasteiger partial charge in [0, 0.05) is 10.6 Å². The zero-order chi connectivity index (χ0) is 9.84. The minimum Gasteiger partial charge on any atom is -0.310 e. The van der Waals surface area contributed by atoms with Gasteiger partial charge in [0.2, 0.25) is 0 Å². The maximum Gasteiger partial charge on any atom is 0.179 e. The van der Waals surface area contributed by atoms with Gasteiger partial charge in [0.15, 0.2) is 5.78 Å². The van der Waals surface area contributed by atoms with E-state index in [0.717, 1.165) is 0 Å². The number of Topliss-reactive ketones (excluding diaryl/α,β-unsaturated/α-hetero) is 1. The van der Waals surface area contributed by atoms with Gasteiger partial charge in [0.05, 0.1) is 6.04 Å². The molecule has 3 heteroatoms. The zero-order valence-corrected chi connectivity index (χ0v) is 8.43. The van der Waals surface area contributed by atoms with Gasteiger partial charge in [0.1, 0.15) is 0 Å². The van der Waals surface area contributed by atoms with Crippen LogP contribution in [0.1, 0.15) is 17.3 Å². The van der Waals surface area contributed by atoms with Crippen LogP contribution in [-0.2, 0) is 0 Å². The molecule has 13 heavy (non-hydrogen) atoms. The molecule has 0 bridgehead atoms. The zero-order valence-electron chi connectivity index (χ0n) is 7.67. The molecule has 0 spiro atoms. The van der Waals surface area contributed by atoms with E-state index in [2.05, 4.69) is 5.32 Å². The monoisotopic (exact) mass is 197 g/mol. The maximum absolute atomic E-state index is 11.6. The average Bonchev–Trinajstić information content (AvgIpc) is 2.15. The summed E-state index contributed by atoms with van der Waals surface area (Å²) in [6.45, 7) is 1.82. The van der Waals surface area contributed by atoms with Crippen molar-refractivity contribution >= 4 is 17.4 Å². The van der Waals surface area contributed by atoms with Crippen LogP contribution in [-0.4, -0.2) is 18.9 Å². The van der Waals surface area contributed by atoms with E-state index >= 15 is 0 Å². The van der Waals surface area contributed by atoms with Gasteiger partial charge in [-0.25, -0.2) is 0 Å². The van der Waals surface area contributed by atoms with Crippen molar-refractivity contribution in [1.29, 1.82) is 0 Å². The summed E-state index contributed by atoms with van der Waals surface area (Å²) in [5.74, 6) is 0.0602. The fourth-order valence-electron chi connectivity index (χ4n) is 1.02. The Balaban J connectivity index is 2.89. The molecule has 0 aliphatic carbocycles. The van der Waals surface area contributed by atoms with Crippen molar-refractivity contribution in [2.24, 2.45) is 0 Å². The van der Waals surface area contributed by atoms with Crippen molar-refractivity contribution in [3.05, 3.63) is 34.9 Å². The summed E-state index contributed by atoms with van der Waals surface area (Å²) >= 11 is 5.76. The molecule has 70 valence electrons. The van der Waals surface area contributed by atoms with E-state index in [4.69, 9.17) is 11.6 Å². The molecule has 0 saturated heterocycles. The van der Waals surface area contributed by atoms with Crippen molar-refractivity contribution in [2.45, 2.75) is 13.0 Å². The summed E-state index contributed by atoms with van der Waals surface area (Å²) in [6.07, 6.45) is 0. The lowest BCUT2D eigenvalue weighted by molar-refractivity contribution is 0.0955. The Hall–Kier alpha value is -0.860. The number of likely N-dealkylation sites (N-methyl/N-ethyl adjacent to an activating group) is 1. The SMILES string of the molecule is CNC(C)C(=O)c1cccc(Cl)c1. The third-order valence-corrected chi connectivity index (χ3v) is 2.17. The van der Waals surface area contributed by atoms with Crippen molar-refractivity contribution in [2.75, 3.05) is 7.05 Å². The van der Waals surface area contributed by atoms with Gasteiger partial charge < -0.3 is 5.32 Å². The highest BCUT2D eigenvalue weighted by Crippen LogP contribution is 2.12. The minimum absolute atomic E-state index is 0.0602. The van der Waals surface area contributed by atoms with Gasteiger partial charge in [-0.15, -0.1) is 0 Å². The van der Waals surface area contributed by atoms with Gasteiger partial charge in [-0.05, 0) is 26.1 Å². The van der Waals surface area contributed by atoms with E-state index in [0.29, 0.717) is 10.6 Å². The number of ketones is 1. The van der Waals surface area contributed by atoms with Crippen LogP contribution in [0, 0.1) is 0 Å². The highest BCUT2D eigenvalue weighted by atomic mass is 35.5. The van der Waals surface area contributed by atoms with Crippen LogP contribution in [0.5, 0.6) is 0 Å². The molecule has 1 N–H and O–H groups in total. The van der Waals surface area contributed by atoms with Gasteiger partial charge >= 0.3 is 0 Å². The maximum atomic E-state index is 11.6. The van der Waals surface area contributed by atoms with Crippen LogP contribution in [0.4, 0.5) is 0 Å². The second kappa shape index (κ2) is 4.40. The molecular weight excluding hydrogens is 186 g/mol. The number of hydrogen-bond acceptors (Lipinski definition) is 2. The van der Waals surface area contributed by atoms with Crippen LogP contribution >= 0.6 is 11.6 Å². The molecule has 1 atom stereocenters. The highest BCUT2D eigenvalue weighted by Gasteiger charge is 2.12. The van der Waals surface area contributed by atoms with Crippen LogP contribution in [0.25, 0.3) is 0 Å². The molecule has 1 aromatic rings. The van der Waals surface area contributed by atoms with Crippen molar-refractivity contribution in [3.63, 3.8) is 0 Å². The highest BCUT2D eigenvalue weighted by molar-refractivity contribution is 6.31. The number of halogens is 1. The predicted molar refractivity (Wildman–Crippen MR) is 54.3 cm³/mol. The third kappa shape index (κ3) is 2.54. The van der Waals surface area contributed by atoms with E-state index in [1.54, 1.807) is 31.3 Å². The molecule has 0 amide bonds. The molecule has 0 aliphatic rings. The molecule has 1 aromatic carbocycles. The van der Waals surface area contributed by atoms with E-state index in [-0.39, 0.29) is 11.8 Å². The number of rotatable bonds is 3. The molecule has 0 aliphatic heterocycles. The largest absolute Gasteiger partial charge is 0.310 e. The van der Waals surface area contributed by atoms with Gasteiger partial charge in [-0.3, -0.25) is 4.79 Å². The normalized spacial score (nSPS) is 12.5. The van der Waals surface area contributed by atoms with Crippen molar-refractivity contribution < 1.29 is 4.79 Å². The van der Waals surface area contributed by atoms with E-state index in [9.17, 15) is 4.79 Å². The van der Waals surface area contributed by atoms with Gasteiger partial charge in [-0.1, -0.05) is 23.7 Å². The number of benzene rings is 1. The van der Waals surface area contributed by atoms with E-state index < -0.39 is 0 Å². The number of carbonyl (C=O) groups excluding carboxylic acids is 1. The van der Waals surface area contributed by atoms with E-state index in [1.165, 1.54) is 0 Å². The molecular formula is C10H12ClNO. The smallest absolute Gasteiger partial charge is 0.179 e. The average molecular weight is 198 g/mol. The molecule has 0 saturated carbocycles. The van der Waals surface area contributed by atoms with Crippen LogP contribution in [0.15, 0.2) is 24.3 Å². The van der Waals surface area contributed by atoms with Crippen molar-refractivity contribution in [1.82, 2.24) is 5.32 Å². The Kier molecular flexibility index (Phi) is 3.46. The fourth-order valence-corrected chi connectivity index (χ4v) is 1.21. The molecule has 0 aromatic heterocycles. The second-order valence-corrected chi connectivity index (χ2v) is 3.32. The first-order valence-electron chi connectivity index (χ1n) is 4.12. The second-order valence-electron chi connectivity index (χ2n) is 2.88. The molecule has 0 radical (unpaired) electrons. The van der Waals surface area contributed by atoms with Crippen molar-refractivity contribution in [3.8, 4) is 0 Å². The Morgan fingerprint density at radius 1 is 1.54 bits per heavy atom. The Morgan fingerprint density at radius 3 is 2.77 bits per heavy atom. The van der Waals surface area contributed by atoms with E-state index in [1.807, 2.05) is 6.92 Å². The summed E-state index contributed by atoms with van der Waals surface area (Å²) in [5.41, 5.74) is 0.648. The Labute approximate surface area is 82.9 Å². The summed E-state index contributed by atoms with van der Waals surface area (Å²) in [7, 11) is 1.76. The first kappa shape index (κ1) is 10.2. The molecule has 1 unspecified atom stereocenters. The topological polar surface area (TPSA) is 29.1 Å². The van der Waals surface area contributed by atoms with Crippen LogP contribution < -0.4 is 5.32 Å². The van der Waals surface area contributed by atoms with Gasteiger partial charge in [-0.2, -0.15) is 0 Å². The molecule has 0 fully saturated rings. The lowest BCUT2D eigenvalue weighted by atomic mass is 10.1. The number of carbonyl (C=O) groups is 1. The Morgan fingerprint density at radius 2 is 2.23 bits per heavy atom. The van der Waals surface area contributed by atoms with Gasteiger partial charge in [0.25, 0.3) is 0 Å². The summed E-state index contributed by atoms with van der Waals surface area (Å²) in [5, 5.41) is 3.48. The summed E-state index contributed by atoms with van der Waals surface area (Å²) in [6, 6.07) is 6.80. The fraction of sp³-hybridized carbons (Fsp3) is 0.300. The standard InChI is InChI=1S/C10H12ClNO/c1-7(12-2)10(13)8-4-3-5-9(11)6-8/h3-7,12H,1-2H3. The molecule has 1 rings (SSSR count). The first-order chi connectivity index (χ1) is 6.15. The van der Waals surface area contributed by atoms with Crippen LogP contribution in [0.3, 0.4) is 0 Å². The minimum atomic E-state index is -0.168. The Bertz CT molecular complexity index is 312. The molecule has 0 heterocycles. The summed E-state index contributed by atoms with van der Waals surface area (Å²) in [4.78, 5) is 11.6. The lowest BCUT2D eigenvalue weighted by Crippen LogP contribution is -2.30. The summed E-state index contributed by atoms with van der Waals surface area (Å²) < 4.78 is 0. The quantitative estimate of drug-likeness (QED) is 0.753. The van der Waals surface area contributed by atoms with Crippen LogP contribution in [0.2, 0.25) is 5.02 Å². The molecule has 2 nitrogen and oxygen atoms in total.